The molecule has 640 valence electrons. The molecule has 12 aromatic heterocycles. The first-order chi connectivity index (χ1) is 60.1. The standard InChI is InChI=1S/C29H34N8O.2C20H23N7O.C19H21N7O3S/c1-20(2)35-9-11-36(12-10-35)28-23(17-21-5-3-4-6-24(21)32-28)26-18-25(22-7-8-27(30)31-19-22)33-29(34-26)37-13-15-38-16-14-37;1-26(2)19-6-4-15(13-23-19)17-11-16(14-3-5-18(21)22-12-14)24-20(25-17)27-7-9-28-10-8-27;1-26(2)19-15(4-3-7-22-19)17-12-16(14-5-6-18(21)23-13-14)24-20(25-17)27-8-10-28-11-9-27;1-30(27,28)25-18-5-3-14(12-22-18)16-10-15(13-2-4-17(20)21-11-13)23-19(24-16)26-6-8-29-9-7-26/h3-8,17-20H,9-16H2,1-2H3,(H2,30,31);3-6,11-13H,7-10H2,1-2H3,(H2,21,22);3-7,12-13H,8-11H2,1-2H3,(H2,21,23);2-5,10-12H,6-9H2,1H3,(H2,20,21)(H,22,25). The number of nitrogens with zero attached hydrogens (tertiary/aromatic N) is 24. The first kappa shape index (κ1) is 85.3. The van der Waals surface area contributed by atoms with Gasteiger partial charge in [-0.05, 0) is 135 Å². The monoisotopic (exact) mass is 1690 g/mol. The number of benzene rings is 1. The van der Waals surface area contributed by atoms with E-state index in [2.05, 4.69) is 113 Å². The van der Waals surface area contributed by atoms with E-state index in [1.807, 2.05) is 123 Å². The zero-order valence-corrected chi connectivity index (χ0v) is 71.3. The summed E-state index contributed by atoms with van der Waals surface area (Å²) in [4.78, 5) is 91.4. The number of nitrogens with two attached hydrogens (primary N) is 4. The number of para-hydroxylation sites is 1. The van der Waals surface area contributed by atoms with Crippen molar-refractivity contribution in [3.05, 3.63) is 183 Å². The molecule has 5 fully saturated rings. The number of sulfonamides is 1. The zero-order valence-electron chi connectivity index (χ0n) is 70.4. The van der Waals surface area contributed by atoms with Crippen molar-refractivity contribution in [2.75, 3.05) is 228 Å². The Kier molecular flexibility index (Phi) is 27.2. The summed E-state index contributed by atoms with van der Waals surface area (Å²) >= 11 is 0. The van der Waals surface area contributed by atoms with Crippen LogP contribution in [0.25, 0.3) is 101 Å². The summed E-state index contributed by atoms with van der Waals surface area (Å²) in [6.07, 6.45) is 13.2. The topological polar surface area (TPSA) is 419 Å². The third-order valence-corrected chi connectivity index (χ3v) is 21.6. The van der Waals surface area contributed by atoms with Gasteiger partial charge in [0.15, 0.2) is 0 Å². The average Bonchev–Trinajstić information content (AvgIpc) is 0.770. The quantitative estimate of drug-likeness (QED) is 0.0534. The number of aromatic nitrogens is 16. The van der Waals surface area contributed by atoms with E-state index < -0.39 is 10.0 Å². The Morgan fingerprint density at radius 3 is 1.07 bits per heavy atom. The van der Waals surface area contributed by atoms with Crippen molar-refractivity contribution in [1.29, 1.82) is 0 Å². The van der Waals surface area contributed by atoms with Gasteiger partial charge >= 0.3 is 0 Å². The molecule has 0 atom stereocenters. The Morgan fingerprint density at radius 2 is 0.726 bits per heavy atom. The number of fused-ring (bicyclic) bond motifs is 1. The van der Waals surface area contributed by atoms with E-state index in [1.165, 1.54) is 0 Å². The largest absolute Gasteiger partial charge is 0.384 e. The van der Waals surface area contributed by atoms with Gasteiger partial charge in [-0.1, -0.05) is 18.2 Å². The van der Waals surface area contributed by atoms with Gasteiger partial charge in [-0.15, -0.1) is 0 Å². The highest BCUT2D eigenvalue weighted by molar-refractivity contribution is 7.92. The van der Waals surface area contributed by atoms with Gasteiger partial charge in [-0.2, -0.15) is 0 Å². The Balaban J connectivity index is 0.000000129. The molecule has 5 saturated heterocycles. The number of rotatable bonds is 18. The minimum atomic E-state index is -3.40. The predicted molar refractivity (Wildman–Crippen MR) is 487 cm³/mol. The maximum Gasteiger partial charge on any atom is 0.230 e. The molecule has 0 aliphatic carbocycles. The number of nitrogen functional groups attached to an aromatic ring is 4. The number of anilines is 12. The smallest absolute Gasteiger partial charge is 0.230 e. The third-order valence-electron chi connectivity index (χ3n) is 21.0. The number of hydrogen-bond donors (Lipinski definition) is 5. The lowest BCUT2D eigenvalue weighted by atomic mass is 10.1. The van der Waals surface area contributed by atoms with Crippen LogP contribution in [0.15, 0.2) is 183 Å². The number of ether oxygens (including phenoxy) is 4. The summed E-state index contributed by atoms with van der Waals surface area (Å²) in [6, 6.07) is 44.9. The average molecular weight is 1690 g/mol. The Hall–Kier alpha value is -13.7. The van der Waals surface area contributed by atoms with Crippen molar-refractivity contribution < 1.29 is 27.4 Å². The van der Waals surface area contributed by atoms with Crippen molar-refractivity contribution in [3.63, 3.8) is 0 Å². The lowest BCUT2D eigenvalue weighted by Crippen LogP contribution is -2.49. The van der Waals surface area contributed by atoms with E-state index in [4.69, 9.17) is 86.7 Å². The SMILES string of the molecule is CC(C)N1CCN(c2nc3ccccc3cc2-c2cc(-c3ccc(N)nc3)nc(N3CCOCC3)n2)CC1.CN(C)c1ccc(-c2cc(-c3ccc(N)nc3)nc(N3CCOCC3)n2)cn1.CN(C)c1ncccc1-c1cc(-c2ccc(N)nc2)nc(N2CCOCC2)n1.CS(=O)(=O)Nc1ccc(-c2cc(-c3ccc(N)nc3)nc(N3CCOCC3)n2)cn1. The highest BCUT2D eigenvalue weighted by Gasteiger charge is 2.28. The van der Waals surface area contributed by atoms with E-state index in [-0.39, 0.29) is 5.82 Å². The fraction of sp³-hybridized carbons (Fsp3) is 0.318. The van der Waals surface area contributed by atoms with E-state index >= 15 is 0 Å². The van der Waals surface area contributed by atoms with Gasteiger partial charge in [0.1, 0.15) is 46.5 Å². The number of piperazine rings is 1. The summed E-state index contributed by atoms with van der Waals surface area (Å²) in [7, 11) is 4.49. The second kappa shape index (κ2) is 39.5. The van der Waals surface area contributed by atoms with E-state index in [0.717, 1.165) is 179 Å². The predicted octanol–water partition coefficient (Wildman–Crippen LogP) is 9.26. The van der Waals surface area contributed by atoms with Crippen molar-refractivity contribution in [2.24, 2.45) is 0 Å². The van der Waals surface area contributed by atoms with Crippen molar-refractivity contribution >= 4 is 91.3 Å². The molecule has 0 unspecified atom stereocenters. The Morgan fingerprint density at radius 1 is 0.363 bits per heavy atom. The summed E-state index contributed by atoms with van der Waals surface area (Å²) in [6.45, 7) is 19.6. The van der Waals surface area contributed by atoms with Crippen molar-refractivity contribution in [2.45, 2.75) is 19.9 Å². The van der Waals surface area contributed by atoms with Gasteiger partial charge in [-0.3, -0.25) is 9.62 Å². The molecule has 17 heterocycles. The van der Waals surface area contributed by atoms with Gasteiger partial charge in [-0.25, -0.2) is 88.2 Å². The number of morpholine rings is 4. The van der Waals surface area contributed by atoms with Crippen molar-refractivity contribution in [1.82, 2.24) is 84.6 Å². The Bertz CT molecular complexity index is 5860. The summed E-state index contributed by atoms with van der Waals surface area (Å²) < 4.78 is 47.1. The Labute approximate surface area is 720 Å². The number of pyridine rings is 8. The second-order valence-electron chi connectivity index (χ2n) is 30.6. The third kappa shape index (κ3) is 21.8. The minimum absolute atomic E-state index is 0.242. The molecular formula is C88H101N29O6S. The number of hydrogen-bond acceptors (Lipinski definition) is 34. The molecule has 0 amide bonds. The molecule has 0 spiro atoms. The first-order valence-electron chi connectivity index (χ1n) is 41.0. The van der Waals surface area contributed by atoms with Gasteiger partial charge in [0.2, 0.25) is 33.8 Å². The highest BCUT2D eigenvalue weighted by Crippen LogP contribution is 2.38. The lowest BCUT2D eigenvalue weighted by Gasteiger charge is -2.38. The van der Waals surface area contributed by atoms with Gasteiger partial charge < -0.3 is 76.2 Å². The van der Waals surface area contributed by atoms with Gasteiger partial charge in [0, 0.05) is 206 Å². The van der Waals surface area contributed by atoms with Crippen LogP contribution in [0, 0.1) is 0 Å². The molecule has 13 aromatic rings. The molecule has 9 N–H and O–H groups in total. The normalized spacial score (nSPS) is 15.1. The minimum Gasteiger partial charge on any atom is -0.384 e. The summed E-state index contributed by atoms with van der Waals surface area (Å²) in [5, 5.41) is 1.09. The van der Waals surface area contributed by atoms with E-state index in [1.54, 1.807) is 67.5 Å². The molecule has 35 nitrogen and oxygen atoms in total. The van der Waals surface area contributed by atoms with Crippen LogP contribution in [-0.4, -0.2) is 265 Å². The van der Waals surface area contributed by atoms with Gasteiger partial charge in [0.05, 0.1) is 110 Å². The molecule has 18 rings (SSSR count). The van der Waals surface area contributed by atoms with Crippen LogP contribution in [0.4, 0.5) is 70.3 Å². The van der Waals surface area contributed by atoms with Crippen LogP contribution in [0.2, 0.25) is 0 Å². The molecule has 0 radical (unpaired) electrons. The van der Waals surface area contributed by atoms with Crippen LogP contribution < -0.4 is 62.0 Å². The van der Waals surface area contributed by atoms with Crippen LogP contribution in [0.3, 0.4) is 0 Å². The fourth-order valence-electron chi connectivity index (χ4n) is 14.3. The maximum absolute atomic E-state index is 11.4. The summed E-state index contributed by atoms with van der Waals surface area (Å²) in [5.74, 6) is 7.49. The second-order valence-corrected chi connectivity index (χ2v) is 32.3. The molecule has 1 aromatic carbocycles. The molecule has 124 heavy (non-hydrogen) atoms. The van der Waals surface area contributed by atoms with E-state index in [9.17, 15) is 8.42 Å². The molecule has 5 aliphatic heterocycles. The van der Waals surface area contributed by atoms with Crippen LogP contribution in [-0.2, 0) is 29.0 Å². The fourth-order valence-corrected chi connectivity index (χ4v) is 14.8. The van der Waals surface area contributed by atoms with E-state index in [0.29, 0.717) is 130 Å². The zero-order chi connectivity index (χ0) is 86.2. The number of nitrogens with one attached hydrogen (secondary N) is 1. The van der Waals surface area contributed by atoms with Gasteiger partial charge in [0.25, 0.3) is 0 Å². The molecule has 5 aliphatic rings. The van der Waals surface area contributed by atoms with Crippen LogP contribution in [0.5, 0.6) is 0 Å². The first-order valence-corrected chi connectivity index (χ1v) is 42.9. The highest BCUT2D eigenvalue weighted by atomic mass is 32.2. The van der Waals surface area contributed by atoms with Crippen LogP contribution in [0.1, 0.15) is 13.8 Å². The van der Waals surface area contributed by atoms with Crippen molar-refractivity contribution in [3.8, 4) is 90.1 Å². The lowest BCUT2D eigenvalue weighted by molar-refractivity contribution is 0.122. The van der Waals surface area contributed by atoms with Crippen LogP contribution >= 0.6 is 0 Å². The molecular weight excluding hydrogens is 1590 g/mol. The molecule has 0 bridgehead atoms. The molecule has 36 heteroatoms. The maximum atomic E-state index is 11.4. The summed E-state index contributed by atoms with van der Waals surface area (Å²) in [5.41, 5.74) is 37.5. The molecule has 0 saturated carbocycles.